The van der Waals surface area contributed by atoms with Crippen molar-refractivity contribution in [3.05, 3.63) is 27.2 Å². The van der Waals surface area contributed by atoms with E-state index in [1.807, 2.05) is 6.92 Å². The van der Waals surface area contributed by atoms with Crippen LogP contribution in [-0.4, -0.2) is 18.1 Å². The molecular weight excluding hydrogens is 252 g/mol. The number of hydrogen-bond donors (Lipinski definition) is 1. The molecule has 6 nitrogen and oxygen atoms in total. The molecule has 0 aromatic carbocycles. The average molecular weight is 259 g/mol. The van der Waals surface area contributed by atoms with E-state index < -0.39 is 11.2 Å². The highest BCUT2D eigenvalue weighted by Gasteiger charge is 2.10. The molecule has 2 rings (SSSR count). The molecule has 2 heterocycles. The van der Waals surface area contributed by atoms with E-state index in [9.17, 15) is 9.59 Å². The van der Waals surface area contributed by atoms with Gasteiger partial charge in [-0.2, -0.15) is 0 Å². The fraction of sp³-hybridized carbons (Fsp3) is 0.286. The first kappa shape index (κ1) is 9.20. The van der Waals surface area contributed by atoms with E-state index in [0.717, 1.165) is 0 Å². The number of aromatic nitrogens is 4. The normalized spacial score (nSPS) is 11.0. The number of aryl methyl sites for hydroxylation is 1. The highest BCUT2D eigenvalue weighted by Crippen LogP contribution is 2.07. The second-order valence-corrected chi connectivity index (χ2v) is 3.50. The predicted molar refractivity (Wildman–Crippen MR) is 54.6 cm³/mol. The molecule has 7 heteroatoms. The third-order valence-corrected chi connectivity index (χ3v) is 2.50. The molecule has 0 fully saturated rings. The van der Waals surface area contributed by atoms with Crippen molar-refractivity contribution in [1.29, 1.82) is 0 Å². The number of aromatic amines is 1. The van der Waals surface area contributed by atoms with Gasteiger partial charge in [0.2, 0.25) is 0 Å². The van der Waals surface area contributed by atoms with Gasteiger partial charge in [0.05, 0.1) is 16.1 Å². The van der Waals surface area contributed by atoms with E-state index in [1.54, 1.807) is 0 Å². The molecular formula is C7H7BrN4O2. The molecule has 2 aromatic rings. The number of nitrogens with one attached hydrogen (secondary N) is 1. The van der Waals surface area contributed by atoms with Gasteiger partial charge in [-0.25, -0.2) is 9.78 Å². The SMILES string of the molecule is CCn1c(=O)[nH]c(=O)c2c1ncn2Br. The molecule has 2 aromatic heterocycles. The van der Waals surface area contributed by atoms with Gasteiger partial charge in [0.25, 0.3) is 5.56 Å². The van der Waals surface area contributed by atoms with Crippen molar-refractivity contribution in [1.82, 2.24) is 18.1 Å². The van der Waals surface area contributed by atoms with Crippen LogP contribution in [-0.2, 0) is 6.54 Å². The van der Waals surface area contributed by atoms with Crippen LogP contribution in [0.2, 0.25) is 0 Å². The van der Waals surface area contributed by atoms with E-state index in [1.165, 1.54) is 14.5 Å². The first-order chi connectivity index (χ1) is 6.65. The van der Waals surface area contributed by atoms with Crippen LogP contribution in [0.5, 0.6) is 0 Å². The highest BCUT2D eigenvalue weighted by molar-refractivity contribution is 9.08. The van der Waals surface area contributed by atoms with Crippen LogP contribution < -0.4 is 11.2 Å². The Kier molecular flexibility index (Phi) is 2.03. The maximum Gasteiger partial charge on any atom is 0.330 e. The van der Waals surface area contributed by atoms with Crippen molar-refractivity contribution in [2.75, 3.05) is 0 Å². The number of rotatable bonds is 1. The van der Waals surface area contributed by atoms with Crippen molar-refractivity contribution in [3.8, 4) is 0 Å². The lowest BCUT2D eigenvalue weighted by molar-refractivity contribution is 0.719. The summed E-state index contributed by atoms with van der Waals surface area (Å²) in [6.45, 7) is 2.28. The summed E-state index contributed by atoms with van der Waals surface area (Å²) in [5.74, 6) is 0. The minimum absolute atomic E-state index is 0.339. The van der Waals surface area contributed by atoms with Gasteiger partial charge in [0.1, 0.15) is 6.33 Å². The van der Waals surface area contributed by atoms with Crippen LogP contribution >= 0.6 is 16.1 Å². The summed E-state index contributed by atoms with van der Waals surface area (Å²) in [6, 6.07) is 0. The predicted octanol–water partition coefficient (Wildman–Crippen LogP) is 0.0642. The number of hydrogen-bond acceptors (Lipinski definition) is 3. The maximum absolute atomic E-state index is 11.4. The van der Waals surface area contributed by atoms with Crippen molar-refractivity contribution < 1.29 is 0 Å². The molecule has 0 amide bonds. The Morgan fingerprint density at radius 2 is 2.29 bits per heavy atom. The number of halogens is 1. The lowest BCUT2D eigenvalue weighted by Crippen LogP contribution is -2.30. The molecule has 0 aliphatic heterocycles. The number of fused-ring (bicyclic) bond motifs is 1. The van der Waals surface area contributed by atoms with E-state index in [2.05, 4.69) is 26.1 Å². The Hall–Kier alpha value is -1.37. The van der Waals surface area contributed by atoms with Crippen LogP contribution in [0.3, 0.4) is 0 Å². The topological polar surface area (TPSA) is 72.7 Å². The second kappa shape index (κ2) is 3.09. The molecule has 0 bridgehead atoms. The van der Waals surface area contributed by atoms with Crippen molar-refractivity contribution >= 4 is 27.3 Å². The monoisotopic (exact) mass is 258 g/mol. The standard InChI is InChI=1S/C7H7BrN4O2/c1-2-11-5-4(12(8)3-9-5)6(13)10-7(11)14/h3H,2H2,1H3,(H,10,13,14). The van der Waals surface area contributed by atoms with Gasteiger partial charge in [-0.15, -0.1) is 0 Å². The van der Waals surface area contributed by atoms with E-state index in [-0.39, 0.29) is 0 Å². The zero-order chi connectivity index (χ0) is 10.3. The fourth-order valence-electron chi connectivity index (χ4n) is 1.33. The van der Waals surface area contributed by atoms with Gasteiger partial charge >= 0.3 is 5.69 Å². The van der Waals surface area contributed by atoms with E-state index >= 15 is 0 Å². The van der Waals surface area contributed by atoms with Gasteiger partial charge in [-0.05, 0) is 6.92 Å². The summed E-state index contributed by atoms with van der Waals surface area (Å²) < 4.78 is 2.81. The van der Waals surface area contributed by atoms with Crippen LogP contribution in [0.25, 0.3) is 11.2 Å². The average Bonchev–Trinajstić information content (AvgIpc) is 2.49. The van der Waals surface area contributed by atoms with Crippen LogP contribution in [0, 0.1) is 0 Å². The minimum Gasteiger partial charge on any atom is -0.276 e. The largest absolute Gasteiger partial charge is 0.330 e. The quantitative estimate of drug-likeness (QED) is 0.787. The molecule has 0 saturated carbocycles. The van der Waals surface area contributed by atoms with Gasteiger partial charge in [-0.1, -0.05) is 0 Å². The van der Waals surface area contributed by atoms with Crippen molar-refractivity contribution in [3.63, 3.8) is 0 Å². The lowest BCUT2D eigenvalue weighted by Gasteiger charge is -2.00. The maximum atomic E-state index is 11.4. The zero-order valence-corrected chi connectivity index (χ0v) is 8.91. The first-order valence-corrected chi connectivity index (χ1v) is 4.72. The van der Waals surface area contributed by atoms with Crippen LogP contribution in [0.1, 0.15) is 6.92 Å². The zero-order valence-electron chi connectivity index (χ0n) is 7.32. The Morgan fingerprint density at radius 1 is 1.57 bits per heavy atom. The summed E-state index contributed by atoms with van der Waals surface area (Å²) >= 11 is 3.12. The highest BCUT2D eigenvalue weighted by atomic mass is 79.9. The lowest BCUT2D eigenvalue weighted by atomic mass is 10.5. The number of H-pyrrole nitrogens is 1. The van der Waals surface area contributed by atoms with Crippen LogP contribution in [0.4, 0.5) is 0 Å². The number of imidazole rings is 1. The van der Waals surface area contributed by atoms with E-state index in [4.69, 9.17) is 0 Å². The van der Waals surface area contributed by atoms with E-state index in [0.29, 0.717) is 17.7 Å². The molecule has 0 saturated heterocycles. The Labute approximate surface area is 86.5 Å². The molecule has 0 aliphatic rings. The summed E-state index contributed by atoms with van der Waals surface area (Å²) in [7, 11) is 0. The summed E-state index contributed by atoms with van der Waals surface area (Å²) in [5, 5.41) is 0. The molecule has 14 heavy (non-hydrogen) atoms. The molecule has 1 N–H and O–H groups in total. The Balaban J connectivity index is 3.08. The van der Waals surface area contributed by atoms with Gasteiger partial charge in [0.15, 0.2) is 11.2 Å². The van der Waals surface area contributed by atoms with Gasteiger partial charge in [-0.3, -0.25) is 17.9 Å². The van der Waals surface area contributed by atoms with Gasteiger partial charge in [0, 0.05) is 6.54 Å². The smallest absolute Gasteiger partial charge is 0.276 e. The molecule has 0 spiro atoms. The third kappa shape index (κ3) is 1.12. The summed E-state index contributed by atoms with van der Waals surface area (Å²) in [4.78, 5) is 28.9. The Bertz CT molecular complexity index is 594. The number of nitrogens with zero attached hydrogens (tertiary/aromatic N) is 3. The van der Waals surface area contributed by atoms with Crippen molar-refractivity contribution in [2.24, 2.45) is 0 Å². The Morgan fingerprint density at radius 3 is 2.93 bits per heavy atom. The fourth-order valence-corrected chi connectivity index (χ4v) is 1.74. The molecule has 0 unspecified atom stereocenters. The minimum atomic E-state index is -0.441. The molecule has 0 atom stereocenters. The second-order valence-electron chi connectivity index (χ2n) is 2.73. The molecule has 0 radical (unpaired) electrons. The molecule has 74 valence electrons. The van der Waals surface area contributed by atoms with Crippen LogP contribution in [0.15, 0.2) is 15.9 Å². The third-order valence-electron chi connectivity index (χ3n) is 1.96. The summed E-state index contributed by atoms with van der Waals surface area (Å²) in [6.07, 6.45) is 1.44. The molecule has 0 aliphatic carbocycles. The van der Waals surface area contributed by atoms with Crippen molar-refractivity contribution in [2.45, 2.75) is 13.5 Å². The van der Waals surface area contributed by atoms with Gasteiger partial charge < -0.3 is 0 Å². The first-order valence-electron chi connectivity index (χ1n) is 4.01. The summed E-state index contributed by atoms with van der Waals surface area (Å²) in [5.41, 5.74) is -0.148.